The van der Waals surface area contributed by atoms with Gasteiger partial charge in [-0.3, -0.25) is 0 Å². The minimum absolute atomic E-state index is 0.389. The van der Waals surface area contributed by atoms with Gasteiger partial charge in [0.05, 0.1) is 31.6 Å². The Kier molecular flexibility index (Phi) is 5.14. The molecule has 0 amide bonds. The van der Waals surface area contributed by atoms with Crippen LogP contribution in [0.5, 0.6) is 0 Å². The molecule has 0 bridgehead atoms. The number of hydrogen-bond donors (Lipinski definition) is 0. The third-order valence-electron chi connectivity index (χ3n) is 3.13. The number of rotatable bonds is 2. The van der Waals surface area contributed by atoms with E-state index in [0.717, 1.165) is 23.4 Å². The Bertz CT molecular complexity index is 525. The Morgan fingerprint density at radius 3 is 2.75 bits per heavy atom. The second-order valence-corrected chi connectivity index (χ2v) is 5.24. The maximum absolute atomic E-state index is 11.8. The number of ether oxygens (including phenoxy) is 2. The molecule has 0 aliphatic carbocycles. The van der Waals surface area contributed by atoms with Gasteiger partial charge in [0.1, 0.15) is 5.84 Å². The largest absolute Gasteiger partial charge is 0.465 e. The molecule has 1 aliphatic heterocycles. The van der Waals surface area contributed by atoms with Crippen molar-refractivity contribution < 1.29 is 14.3 Å². The molecule has 1 heterocycles. The zero-order chi connectivity index (χ0) is 14.5. The number of carbonyl (C=O) groups excluding carboxylic acids is 1. The lowest BCUT2D eigenvalue weighted by Crippen LogP contribution is -2.39. The van der Waals surface area contributed by atoms with E-state index < -0.39 is 0 Å². The summed E-state index contributed by atoms with van der Waals surface area (Å²) in [6.07, 6.45) is 0. The first-order valence-corrected chi connectivity index (χ1v) is 7.17. The first kappa shape index (κ1) is 15.0. The summed E-state index contributed by atoms with van der Waals surface area (Å²) in [6, 6.07) is 5.36. The van der Waals surface area contributed by atoms with Gasteiger partial charge in [-0.25, -0.2) is 9.79 Å². The molecule has 6 heteroatoms. The summed E-state index contributed by atoms with van der Waals surface area (Å²) in [7, 11) is 1.37. The van der Waals surface area contributed by atoms with Crippen LogP contribution in [0.2, 0.25) is 0 Å². The number of amidine groups is 1. The van der Waals surface area contributed by atoms with Crippen LogP contribution >= 0.6 is 15.9 Å². The molecule has 1 fully saturated rings. The summed E-state index contributed by atoms with van der Waals surface area (Å²) < 4.78 is 10.9. The van der Waals surface area contributed by atoms with Crippen LogP contribution < -0.4 is 0 Å². The molecule has 1 saturated heterocycles. The number of halogens is 1. The van der Waals surface area contributed by atoms with Gasteiger partial charge in [0.2, 0.25) is 0 Å². The summed E-state index contributed by atoms with van der Waals surface area (Å²) >= 11 is 3.44. The van der Waals surface area contributed by atoms with Crippen molar-refractivity contribution in [3.63, 3.8) is 0 Å². The van der Waals surface area contributed by atoms with Crippen molar-refractivity contribution in [2.24, 2.45) is 4.99 Å². The van der Waals surface area contributed by atoms with Crippen LogP contribution in [-0.2, 0) is 9.47 Å². The molecule has 5 nitrogen and oxygen atoms in total. The summed E-state index contributed by atoms with van der Waals surface area (Å²) in [6.45, 7) is 4.96. The lowest BCUT2D eigenvalue weighted by molar-refractivity contribution is 0.0601. The van der Waals surface area contributed by atoms with Crippen molar-refractivity contribution in [3.05, 3.63) is 28.2 Å². The van der Waals surface area contributed by atoms with Gasteiger partial charge in [0.15, 0.2) is 0 Å². The fourth-order valence-corrected chi connectivity index (χ4v) is 2.48. The molecule has 0 atom stereocenters. The molecule has 108 valence electrons. The lowest BCUT2D eigenvalue weighted by atomic mass is 10.2. The molecule has 0 saturated carbocycles. The SMILES string of the molecule is COC(=O)c1cccc(Br)c1N=C(C)N1CCOCC1. The highest BCUT2D eigenvalue weighted by Crippen LogP contribution is 2.30. The van der Waals surface area contributed by atoms with Crippen LogP contribution in [0.25, 0.3) is 0 Å². The minimum Gasteiger partial charge on any atom is -0.465 e. The van der Waals surface area contributed by atoms with Crippen LogP contribution in [0.4, 0.5) is 5.69 Å². The smallest absolute Gasteiger partial charge is 0.340 e. The first-order valence-electron chi connectivity index (χ1n) is 6.38. The molecular formula is C14H17BrN2O3. The van der Waals surface area contributed by atoms with Crippen molar-refractivity contribution in [3.8, 4) is 0 Å². The lowest BCUT2D eigenvalue weighted by Gasteiger charge is -2.28. The van der Waals surface area contributed by atoms with Gasteiger partial charge < -0.3 is 14.4 Å². The van der Waals surface area contributed by atoms with E-state index in [-0.39, 0.29) is 5.97 Å². The number of nitrogens with zero attached hydrogens (tertiary/aromatic N) is 2. The number of methoxy groups -OCH3 is 1. The number of esters is 1. The molecule has 0 N–H and O–H groups in total. The third-order valence-corrected chi connectivity index (χ3v) is 3.77. The normalized spacial score (nSPS) is 16.1. The van der Waals surface area contributed by atoms with Gasteiger partial charge >= 0.3 is 5.97 Å². The predicted molar refractivity (Wildman–Crippen MR) is 80.6 cm³/mol. The van der Waals surface area contributed by atoms with Gasteiger partial charge in [-0.2, -0.15) is 0 Å². The molecule has 2 rings (SSSR count). The Hall–Kier alpha value is -1.40. The van der Waals surface area contributed by atoms with Crippen molar-refractivity contribution in [1.82, 2.24) is 4.90 Å². The molecule has 1 aromatic rings. The number of carbonyl (C=O) groups is 1. The van der Waals surface area contributed by atoms with E-state index in [1.54, 1.807) is 12.1 Å². The maximum atomic E-state index is 11.8. The van der Waals surface area contributed by atoms with Crippen LogP contribution in [0.3, 0.4) is 0 Å². The Labute approximate surface area is 126 Å². The van der Waals surface area contributed by atoms with Gasteiger partial charge in [-0.15, -0.1) is 0 Å². The van der Waals surface area contributed by atoms with E-state index in [0.29, 0.717) is 24.5 Å². The van der Waals surface area contributed by atoms with Crippen LogP contribution in [0, 0.1) is 0 Å². The van der Waals surface area contributed by atoms with Gasteiger partial charge in [0, 0.05) is 17.6 Å². The van der Waals surface area contributed by atoms with E-state index in [2.05, 4.69) is 25.8 Å². The molecule has 1 aromatic carbocycles. The highest BCUT2D eigenvalue weighted by molar-refractivity contribution is 9.10. The Balaban J connectivity index is 2.33. The number of morpholine rings is 1. The average Bonchev–Trinajstić information content (AvgIpc) is 2.49. The molecule has 20 heavy (non-hydrogen) atoms. The summed E-state index contributed by atoms with van der Waals surface area (Å²) in [4.78, 5) is 18.5. The fraction of sp³-hybridized carbons (Fsp3) is 0.429. The Morgan fingerprint density at radius 1 is 1.40 bits per heavy atom. The first-order chi connectivity index (χ1) is 9.63. The Morgan fingerprint density at radius 2 is 2.10 bits per heavy atom. The topological polar surface area (TPSA) is 51.1 Å². The summed E-state index contributed by atoms with van der Waals surface area (Å²) in [5, 5.41) is 0. The van der Waals surface area contributed by atoms with Gasteiger partial charge in [0.25, 0.3) is 0 Å². The standard InChI is InChI=1S/C14H17BrN2O3/c1-10(17-6-8-20-9-7-17)16-13-11(14(18)19-2)4-3-5-12(13)15/h3-5H,6-9H2,1-2H3. The van der Waals surface area contributed by atoms with Gasteiger partial charge in [-0.1, -0.05) is 6.07 Å². The number of para-hydroxylation sites is 1. The molecule has 0 unspecified atom stereocenters. The van der Waals surface area contributed by atoms with E-state index in [1.165, 1.54) is 7.11 Å². The van der Waals surface area contributed by atoms with E-state index in [1.807, 2.05) is 13.0 Å². The van der Waals surface area contributed by atoms with E-state index in [9.17, 15) is 4.79 Å². The number of benzene rings is 1. The molecule has 0 aromatic heterocycles. The second kappa shape index (κ2) is 6.85. The number of aliphatic imine (C=N–C) groups is 1. The highest BCUT2D eigenvalue weighted by Gasteiger charge is 2.16. The minimum atomic E-state index is -0.389. The molecule has 0 radical (unpaired) electrons. The zero-order valence-corrected chi connectivity index (χ0v) is 13.1. The average molecular weight is 341 g/mol. The fourth-order valence-electron chi connectivity index (χ4n) is 2.02. The molecule has 0 spiro atoms. The van der Waals surface area contributed by atoms with Crippen LogP contribution in [0.15, 0.2) is 27.7 Å². The monoisotopic (exact) mass is 340 g/mol. The molecular weight excluding hydrogens is 324 g/mol. The highest BCUT2D eigenvalue weighted by atomic mass is 79.9. The predicted octanol–water partition coefficient (Wildman–Crippen LogP) is 2.62. The van der Waals surface area contributed by atoms with Crippen molar-refractivity contribution >= 4 is 33.4 Å². The van der Waals surface area contributed by atoms with E-state index in [4.69, 9.17) is 9.47 Å². The van der Waals surface area contributed by atoms with Crippen LogP contribution in [-0.4, -0.2) is 50.1 Å². The van der Waals surface area contributed by atoms with Crippen molar-refractivity contribution in [2.75, 3.05) is 33.4 Å². The maximum Gasteiger partial charge on any atom is 0.340 e. The van der Waals surface area contributed by atoms with Crippen LogP contribution in [0.1, 0.15) is 17.3 Å². The van der Waals surface area contributed by atoms with E-state index >= 15 is 0 Å². The quantitative estimate of drug-likeness (QED) is 0.471. The third kappa shape index (κ3) is 3.37. The van der Waals surface area contributed by atoms with Crippen molar-refractivity contribution in [1.29, 1.82) is 0 Å². The summed E-state index contributed by atoms with van der Waals surface area (Å²) in [5.74, 6) is 0.477. The van der Waals surface area contributed by atoms with Gasteiger partial charge in [-0.05, 0) is 35.0 Å². The zero-order valence-electron chi connectivity index (χ0n) is 11.6. The van der Waals surface area contributed by atoms with Crippen molar-refractivity contribution in [2.45, 2.75) is 6.92 Å². The molecule has 1 aliphatic rings. The summed E-state index contributed by atoms with van der Waals surface area (Å²) in [5.41, 5.74) is 1.05. The second-order valence-electron chi connectivity index (χ2n) is 4.39. The number of hydrogen-bond acceptors (Lipinski definition) is 4.